The van der Waals surface area contributed by atoms with E-state index in [0.29, 0.717) is 19.1 Å². The van der Waals surface area contributed by atoms with Crippen molar-refractivity contribution >= 4 is 17.9 Å². The molecule has 0 spiro atoms. The molecular formula is C19H32O7. The van der Waals surface area contributed by atoms with E-state index < -0.39 is 5.97 Å². The molecule has 0 amide bonds. The third kappa shape index (κ3) is 29.6. The van der Waals surface area contributed by atoms with Gasteiger partial charge in [-0.3, -0.25) is 0 Å². The highest BCUT2D eigenvalue weighted by Gasteiger charge is 1.96. The fraction of sp³-hybridized carbons (Fsp3) is 0.526. The Morgan fingerprint density at radius 2 is 1.31 bits per heavy atom. The molecule has 0 heterocycles. The smallest absolute Gasteiger partial charge is 0.330 e. The Hall–Kier alpha value is -2.41. The van der Waals surface area contributed by atoms with Crippen LogP contribution in [0.3, 0.4) is 0 Å². The minimum Gasteiger partial charge on any atom is -0.463 e. The van der Waals surface area contributed by atoms with Crippen LogP contribution in [-0.4, -0.2) is 49.4 Å². The average Bonchev–Trinajstić information content (AvgIpc) is 2.64. The summed E-state index contributed by atoms with van der Waals surface area (Å²) >= 11 is 0. The summed E-state index contributed by atoms with van der Waals surface area (Å²) in [5, 5.41) is 8.10. The topological polar surface area (TPSA) is 99.1 Å². The maximum atomic E-state index is 10.4. The lowest BCUT2D eigenvalue weighted by Crippen LogP contribution is -2.06. The molecule has 0 aliphatic heterocycles. The molecule has 0 radical (unpaired) electrons. The molecule has 0 saturated carbocycles. The lowest BCUT2D eigenvalue weighted by Gasteiger charge is -2.02. The number of rotatable bonds is 10. The van der Waals surface area contributed by atoms with Crippen molar-refractivity contribution in [1.82, 2.24) is 0 Å². The second-order valence-corrected chi connectivity index (χ2v) is 5.05. The summed E-state index contributed by atoms with van der Waals surface area (Å²) in [4.78, 5) is 30.8. The molecule has 7 nitrogen and oxygen atoms in total. The van der Waals surface area contributed by atoms with E-state index in [1.807, 2.05) is 20.8 Å². The first-order valence-corrected chi connectivity index (χ1v) is 8.27. The molecule has 0 fully saturated rings. The Morgan fingerprint density at radius 3 is 1.65 bits per heavy atom. The van der Waals surface area contributed by atoms with Gasteiger partial charge < -0.3 is 19.3 Å². The van der Waals surface area contributed by atoms with Crippen molar-refractivity contribution in [3.63, 3.8) is 0 Å². The summed E-state index contributed by atoms with van der Waals surface area (Å²) in [6, 6.07) is 0. The highest BCUT2D eigenvalue weighted by atomic mass is 16.5. The number of hydrogen-bond donors (Lipinski definition) is 1. The predicted octanol–water partition coefficient (Wildman–Crippen LogP) is 2.60. The minimum absolute atomic E-state index is 0.0465. The zero-order valence-corrected chi connectivity index (χ0v) is 16.1. The highest BCUT2D eigenvalue weighted by molar-refractivity contribution is 5.81. The van der Waals surface area contributed by atoms with Gasteiger partial charge in [0.2, 0.25) is 0 Å². The van der Waals surface area contributed by atoms with Crippen molar-refractivity contribution in [2.45, 2.75) is 33.6 Å². The molecule has 0 aliphatic carbocycles. The van der Waals surface area contributed by atoms with Gasteiger partial charge in [-0.25, -0.2) is 14.4 Å². The van der Waals surface area contributed by atoms with Gasteiger partial charge in [-0.1, -0.05) is 46.9 Å². The Bertz CT molecular complexity index is 414. The van der Waals surface area contributed by atoms with Crippen molar-refractivity contribution in [2.24, 2.45) is 5.92 Å². The maximum absolute atomic E-state index is 10.4. The van der Waals surface area contributed by atoms with Crippen LogP contribution in [0.1, 0.15) is 33.6 Å². The molecule has 1 N–H and O–H groups in total. The third-order valence-electron chi connectivity index (χ3n) is 2.14. The number of carbonyl (C=O) groups is 3. The zero-order valence-electron chi connectivity index (χ0n) is 16.1. The normalized spacial score (nSPS) is 8.65. The van der Waals surface area contributed by atoms with E-state index in [0.717, 1.165) is 18.9 Å². The number of carbonyl (C=O) groups excluding carboxylic acids is 3. The van der Waals surface area contributed by atoms with E-state index in [1.165, 1.54) is 12.2 Å². The SMILES string of the molecule is C=CC(=O)OCC(C)C.C=CC(=O)OCCCC.C=CC(=O)OCCO. The molecule has 26 heavy (non-hydrogen) atoms. The quantitative estimate of drug-likeness (QED) is 0.272. The Morgan fingerprint density at radius 1 is 0.885 bits per heavy atom. The molecule has 0 aliphatic rings. The minimum atomic E-state index is -0.501. The van der Waals surface area contributed by atoms with E-state index in [9.17, 15) is 14.4 Å². The lowest BCUT2D eigenvalue weighted by atomic mass is 10.2. The van der Waals surface area contributed by atoms with Crippen molar-refractivity contribution in [3.05, 3.63) is 38.0 Å². The molecular weight excluding hydrogens is 340 g/mol. The van der Waals surface area contributed by atoms with E-state index in [2.05, 4.69) is 29.2 Å². The predicted molar refractivity (Wildman–Crippen MR) is 100 cm³/mol. The number of ether oxygens (including phenoxy) is 3. The van der Waals surface area contributed by atoms with Crippen LogP contribution in [0.2, 0.25) is 0 Å². The molecule has 150 valence electrons. The van der Waals surface area contributed by atoms with Gasteiger partial charge in [0.05, 0.1) is 19.8 Å². The van der Waals surface area contributed by atoms with Crippen LogP contribution in [0.4, 0.5) is 0 Å². The van der Waals surface area contributed by atoms with Crippen molar-refractivity contribution in [3.8, 4) is 0 Å². The van der Waals surface area contributed by atoms with Crippen molar-refractivity contribution in [1.29, 1.82) is 0 Å². The second kappa shape index (κ2) is 22.6. The zero-order chi connectivity index (χ0) is 20.8. The summed E-state index contributed by atoms with van der Waals surface area (Å²) in [7, 11) is 0. The lowest BCUT2D eigenvalue weighted by molar-refractivity contribution is -0.139. The van der Waals surface area contributed by atoms with Crippen LogP contribution in [-0.2, 0) is 28.6 Å². The van der Waals surface area contributed by atoms with E-state index >= 15 is 0 Å². The van der Waals surface area contributed by atoms with Gasteiger partial charge in [-0.2, -0.15) is 0 Å². The van der Waals surface area contributed by atoms with Crippen LogP contribution in [0, 0.1) is 5.92 Å². The van der Waals surface area contributed by atoms with Gasteiger partial charge in [0.15, 0.2) is 0 Å². The summed E-state index contributed by atoms with van der Waals surface area (Å²) in [5.41, 5.74) is 0. The van der Waals surface area contributed by atoms with Gasteiger partial charge >= 0.3 is 17.9 Å². The van der Waals surface area contributed by atoms with E-state index in [4.69, 9.17) is 9.84 Å². The van der Waals surface area contributed by atoms with Crippen LogP contribution in [0.5, 0.6) is 0 Å². The van der Waals surface area contributed by atoms with E-state index in [-0.39, 0.29) is 25.2 Å². The number of unbranched alkanes of at least 4 members (excludes halogenated alkanes) is 1. The number of aliphatic hydroxyl groups is 1. The largest absolute Gasteiger partial charge is 0.463 e. The molecule has 0 unspecified atom stereocenters. The first-order chi connectivity index (χ1) is 12.3. The van der Waals surface area contributed by atoms with Crippen LogP contribution in [0.15, 0.2) is 38.0 Å². The monoisotopic (exact) mass is 372 g/mol. The first-order valence-electron chi connectivity index (χ1n) is 8.27. The fourth-order valence-electron chi connectivity index (χ4n) is 0.889. The van der Waals surface area contributed by atoms with Gasteiger partial charge in [-0.05, 0) is 12.3 Å². The Labute approximate surface area is 156 Å². The van der Waals surface area contributed by atoms with Crippen LogP contribution < -0.4 is 0 Å². The fourth-order valence-corrected chi connectivity index (χ4v) is 0.889. The second-order valence-electron chi connectivity index (χ2n) is 5.05. The van der Waals surface area contributed by atoms with Gasteiger partial charge in [0, 0.05) is 18.2 Å². The molecule has 0 atom stereocenters. The average molecular weight is 372 g/mol. The summed E-state index contributed by atoms with van der Waals surface area (Å²) in [6.45, 7) is 16.6. The summed E-state index contributed by atoms with van der Waals surface area (Å²) in [5.74, 6) is -0.778. The Kier molecular flexibility index (Phi) is 24.7. The maximum Gasteiger partial charge on any atom is 0.330 e. The highest BCUT2D eigenvalue weighted by Crippen LogP contribution is 1.92. The van der Waals surface area contributed by atoms with E-state index in [1.54, 1.807) is 0 Å². The molecule has 0 aromatic rings. The van der Waals surface area contributed by atoms with Crippen LogP contribution in [0.25, 0.3) is 0 Å². The summed E-state index contributed by atoms with van der Waals surface area (Å²) < 4.78 is 13.7. The standard InChI is InChI=1S/2C7H12O2.C5H8O3/c1-4-7(8)9-5-6(2)3;1-3-5-6-9-7(8)4-2;1-2-5(7)8-4-3-6/h4,6H,1,5H2,2-3H3;4H,2-3,5-6H2,1H3;2,6H,1,3-4H2. The van der Waals surface area contributed by atoms with Gasteiger partial charge in [0.25, 0.3) is 0 Å². The number of esters is 3. The third-order valence-corrected chi connectivity index (χ3v) is 2.14. The van der Waals surface area contributed by atoms with Crippen molar-refractivity contribution in [2.75, 3.05) is 26.4 Å². The molecule has 0 aromatic carbocycles. The van der Waals surface area contributed by atoms with Crippen molar-refractivity contribution < 1.29 is 33.7 Å². The molecule has 0 saturated heterocycles. The molecule has 7 heteroatoms. The van der Waals surface area contributed by atoms with Gasteiger partial charge in [-0.15, -0.1) is 0 Å². The summed E-state index contributed by atoms with van der Waals surface area (Å²) in [6.07, 6.45) is 5.37. The van der Waals surface area contributed by atoms with Gasteiger partial charge in [0.1, 0.15) is 6.61 Å². The Balaban J connectivity index is -0.000000306. The first kappa shape index (κ1) is 28.4. The number of aliphatic hydroxyl groups excluding tert-OH is 1. The molecule has 0 aromatic heterocycles. The number of hydrogen-bond acceptors (Lipinski definition) is 7. The van der Waals surface area contributed by atoms with Crippen LogP contribution >= 0.6 is 0 Å². The molecule has 0 rings (SSSR count). The molecule has 0 bridgehead atoms.